The maximum atomic E-state index is 12.2. The fourth-order valence-electron chi connectivity index (χ4n) is 2.02. The van der Waals surface area contributed by atoms with E-state index in [0.29, 0.717) is 10.9 Å². The Bertz CT molecular complexity index is 571. The number of sulfonamides is 1. The Balaban J connectivity index is 2.88. The number of nitrogen functional groups attached to an aromatic ring is 1. The second-order valence-corrected chi connectivity index (χ2v) is 8.25. The second-order valence-electron chi connectivity index (χ2n) is 5.60. The molecule has 0 saturated heterocycles. The van der Waals surface area contributed by atoms with Crippen molar-refractivity contribution in [3.05, 3.63) is 22.7 Å². The van der Waals surface area contributed by atoms with Crippen molar-refractivity contribution < 1.29 is 13.5 Å². The van der Waals surface area contributed by atoms with Crippen LogP contribution in [0.15, 0.2) is 27.6 Å². The van der Waals surface area contributed by atoms with Crippen molar-refractivity contribution in [2.75, 3.05) is 12.3 Å². The lowest BCUT2D eigenvalue weighted by molar-refractivity contribution is 0.0437. The zero-order chi connectivity index (χ0) is 15.6. The zero-order valence-electron chi connectivity index (χ0n) is 11.9. The number of hydrogen-bond donors (Lipinski definition) is 3. The number of nitrogens with one attached hydrogen (secondary N) is 1. The predicted octanol–water partition coefficient (Wildman–Crippen LogP) is 2.11. The Kier molecular flexibility index (Phi) is 5.60. The van der Waals surface area contributed by atoms with Crippen LogP contribution in [0.4, 0.5) is 5.69 Å². The molecule has 0 aliphatic heterocycles. The smallest absolute Gasteiger partial charge is 0.242 e. The van der Waals surface area contributed by atoms with Crippen molar-refractivity contribution in [3.8, 4) is 0 Å². The zero-order valence-corrected chi connectivity index (χ0v) is 14.3. The normalized spacial score (nSPS) is 15.3. The van der Waals surface area contributed by atoms with Crippen LogP contribution in [0.5, 0.6) is 0 Å². The van der Waals surface area contributed by atoms with Gasteiger partial charge in [-0.05, 0) is 37.5 Å². The maximum Gasteiger partial charge on any atom is 0.242 e. The molecule has 114 valence electrons. The highest BCUT2D eigenvalue weighted by atomic mass is 79.9. The first kappa shape index (κ1) is 17.4. The molecule has 0 bridgehead atoms. The van der Waals surface area contributed by atoms with Crippen LogP contribution in [0.2, 0.25) is 0 Å². The summed E-state index contributed by atoms with van der Waals surface area (Å²) in [5.41, 5.74) is 4.77. The number of anilines is 1. The van der Waals surface area contributed by atoms with E-state index in [1.165, 1.54) is 12.1 Å². The lowest BCUT2D eigenvalue weighted by atomic mass is 9.95. The van der Waals surface area contributed by atoms with Crippen LogP contribution in [0.1, 0.15) is 27.2 Å². The molecule has 0 heterocycles. The first-order chi connectivity index (χ1) is 9.03. The summed E-state index contributed by atoms with van der Waals surface area (Å²) < 4.78 is 27.5. The predicted molar refractivity (Wildman–Crippen MR) is 83.8 cm³/mol. The van der Waals surface area contributed by atoms with Crippen molar-refractivity contribution in [3.63, 3.8) is 0 Å². The summed E-state index contributed by atoms with van der Waals surface area (Å²) in [5.74, 6) is 0.269. The monoisotopic (exact) mass is 364 g/mol. The summed E-state index contributed by atoms with van der Waals surface area (Å²) >= 11 is 3.21. The highest BCUT2D eigenvalue weighted by Crippen LogP contribution is 2.23. The van der Waals surface area contributed by atoms with Gasteiger partial charge in [-0.2, -0.15) is 0 Å². The van der Waals surface area contributed by atoms with Crippen LogP contribution in [0.25, 0.3) is 0 Å². The van der Waals surface area contributed by atoms with Crippen LogP contribution >= 0.6 is 15.9 Å². The summed E-state index contributed by atoms with van der Waals surface area (Å²) in [6, 6.07) is 4.63. The molecule has 20 heavy (non-hydrogen) atoms. The quantitative estimate of drug-likeness (QED) is 0.674. The minimum Gasteiger partial charge on any atom is -0.398 e. The molecule has 1 atom stereocenters. The van der Waals surface area contributed by atoms with Crippen LogP contribution in [0.3, 0.4) is 0 Å². The van der Waals surface area contributed by atoms with Crippen molar-refractivity contribution in [2.24, 2.45) is 5.92 Å². The van der Waals surface area contributed by atoms with Crippen molar-refractivity contribution in [1.29, 1.82) is 0 Å². The number of nitrogens with two attached hydrogens (primary N) is 1. The molecule has 1 unspecified atom stereocenters. The molecular formula is C13H21BrN2O3S. The van der Waals surface area contributed by atoms with Crippen LogP contribution in [0, 0.1) is 5.92 Å². The van der Waals surface area contributed by atoms with Gasteiger partial charge in [0.2, 0.25) is 10.0 Å². The van der Waals surface area contributed by atoms with Crippen molar-refractivity contribution in [1.82, 2.24) is 4.72 Å². The molecule has 1 aromatic rings. The van der Waals surface area contributed by atoms with Gasteiger partial charge in [0.1, 0.15) is 4.90 Å². The topological polar surface area (TPSA) is 92.4 Å². The molecule has 0 spiro atoms. The average molecular weight is 365 g/mol. The minimum atomic E-state index is -3.75. The summed E-state index contributed by atoms with van der Waals surface area (Å²) in [7, 11) is -3.75. The molecule has 4 N–H and O–H groups in total. The Morgan fingerprint density at radius 3 is 2.60 bits per heavy atom. The number of halogens is 1. The Morgan fingerprint density at radius 2 is 2.05 bits per heavy atom. The van der Waals surface area contributed by atoms with E-state index in [0.717, 1.165) is 0 Å². The molecule has 1 rings (SSSR count). The van der Waals surface area contributed by atoms with E-state index >= 15 is 0 Å². The van der Waals surface area contributed by atoms with Gasteiger partial charge in [-0.3, -0.25) is 0 Å². The van der Waals surface area contributed by atoms with Gasteiger partial charge in [-0.25, -0.2) is 13.1 Å². The highest BCUT2D eigenvalue weighted by molar-refractivity contribution is 9.10. The number of rotatable bonds is 6. The van der Waals surface area contributed by atoms with E-state index in [9.17, 15) is 13.5 Å². The minimum absolute atomic E-state index is 0.00669. The second kappa shape index (κ2) is 6.43. The highest BCUT2D eigenvalue weighted by Gasteiger charge is 2.26. The summed E-state index contributed by atoms with van der Waals surface area (Å²) in [6.07, 6.45) is 0.503. The fourth-order valence-corrected chi connectivity index (χ4v) is 3.85. The first-order valence-electron chi connectivity index (χ1n) is 6.30. The van der Waals surface area contributed by atoms with Gasteiger partial charge in [0.05, 0.1) is 11.3 Å². The van der Waals surface area contributed by atoms with Crippen molar-refractivity contribution >= 4 is 31.6 Å². The molecular weight excluding hydrogens is 344 g/mol. The Hall–Kier alpha value is -0.630. The molecule has 0 radical (unpaired) electrons. The number of aliphatic hydroxyl groups is 1. The van der Waals surface area contributed by atoms with Gasteiger partial charge in [-0.15, -0.1) is 0 Å². The fraction of sp³-hybridized carbons (Fsp3) is 0.538. The number of benzene rings is 1. The SMILES string of the molecule is CC(C)CC(C)(O)CNS(=O)(=O)c1cc(Br)ccc1N. The third-order valence-electron chi connectivity index (χ3n) is 2.76. The van der Waals surface area contributed by atoms with Gasteiger partial charge >= 0.3 is 0 Å². The van der Waals surface area contributed by atoms with Crippen LogP contribution < -0.4 is 10.5 Å². The molecule has 0 aromatic heterocycles. The molecule has 7 heteroatoms. The Morgan fingerprint density at radius 1 is 1.45 bits per heavy atom. The third-order valence-corrected chi connectivity index (χ3v) is 4.71. The van der Waals surface area contributed by atoms with E-state index in [-0.39, 0.29) is 23.0 Å². The van der Waals surface area contributed by atoms with E-state index in [4.69, 9.17) is 5.73 Å². The van der Waals surface area contributed by atoms with Crippen molar-refractivity contribution in [2.45, 2.75) is 37.7 Å². The molecule has 5 nitrogen and oxygen atoms in total. The molecule has 0 fully saturated rings. The Labute approximate surface area is 128 Å². The largest absolute Gasteiger partial charge is 0.398 e. The van der Waals surface area contributed by atoms with Crippen LogP contribution in [-0.4, -0.2) is 25.7 Å². The molecule has 0 aliphatic carbocycles. The van der Waals surface area contributed by atoms with Gasteiger partial charge < -0.3 is 10.8 Å². The lowest BCUT2D eigenvalue weighted by Gasteiger charge is -2.25. The first-order valence-corrected chi connectivity index (χ1v) is 8.58. The van der Waals surface area contributed by atoms with E-state index in [1.807, 2.05) is 13.8 Å². The average Bonchev–Trinajstić information content (AvgIpc) is 2.28. The molecule has 0 aliphatic rings. The molecule has 0 saturated carbocycles. The molecule has 1 aromatic carbocycles. The summed E-state index contributed by atoms with van der Waals surface area (Å²) in [6.45, 7) is 5.49. The van der Waals surface area contributed by atoms with Gasteiger partial charge in [0.15, 0.2) is 0 Å². The van der Waals surface area contributed by atoms with E-state index < -0.39 is 15.6 Å². The summed E-state index contributed by atoms with van der Waals surface area (Å²) in [5, 5.41) is 10.2. The summed E-state index contributed by atoms with van der Waals surface area (Å²) in [4.78, 5) is 0.00669. The van der Waals surface area contributed by atoms with Crippen LogP contribution in [-0.2, 0) is 10.0 Å². The lowest BCUT2D eigenvalue weighted by Crippen LogP contribution is -2.41. The van der Waals surface area contributed by atoms with E-state index in [2.05, 4.69) is 20.7 Å². The maximum absolute atomic E-state index is 12.2. The van der Waals surface area contributed by atoms with Gasteiger partial charge in [-0.1, -0.05) is 29.8 Å². The molecule has 0 amide bonds. The standard InChI is InChI=1S/C13H21BrN2O3S/c1-9(2)7-13(3,17)8-16-20(18,19)12-6-10(14)4-5-11(12)15/h4-6,9,16-17H,7-8,15H2,1-3H3. The number of hydrogen-bond acceptors (Lipinski definition) is 4. The van der Waals surface area contributed by atoms with E-state index in [1.54, 1.807) is 13.0 Å². The third kappa shape index (κ3) is 5.05. The van der Waals surface area contributed by atoms with Gasteiger partial charge in [0, 0.05) is 11.0 Å². The van der Waals surface area contributed by atoms with Gasteiger partial charge in [0.25, 0.3) is 0 Å².